The lowest BCUT2D eigenvalue weighted by Gasteiger charge is -2.49. The van der Waals surface area contributed by atoms with Crippen molar-refractivity contribution in [2.24, 2.45) is 5.16 Å². The molecule has 1 fully saturated rings. The molecule has 1 N–H and O–H groups in total. The van der Waals surface area contributed by atoms with Crippen LogP contribution in [-0.4, -0.2) is 103 Å². The van der Waals surface area contributed by atoms with Gasteiger partial charge < -0.3 is 28.7 Å². The summed E-state index contributed by atoms with van der Waals surface area (Å²) in [5, 5.41) is 7.32. The number of alkyl halides is 1. The van der Waals surface area contributed by atoms with Crippen molar-refractivity contribution in [1.82, 2.24) is 15.2 Å². The van der Waals surface area contributed by atoms with Gasteiger partial charge in [0, 0.05) is 17.3 Å². The number of rotatable bonds is 12. The van der Waals surface area contributed by atoms with E-state index in [0.717, 1.165) is 21.0 Å². The number of nitrogens with one attached hydrogen (secondary N) is 1. The van der Waals surface area contributed by atoms with Crippen molar-refractivity contribution in [2.75, 3.05) is 11.6 Å². The average molecular weight is 584 g/mol. The van der Waals surface area contributed by atoms with Gasteiger partial charge in [-0.05, 0) is 18.1 Å². The van der Waals surface area contributed by atoms with Crippen LogP contribution < -0.4 is 5.32 Å². The van der Waals surface area contributed by atoms with Crippen LogP contribution in [0.3, 0.4) is 0 Å². The van der Waals surface area contributed by atoms with Crippen LogP contribution in [0.1, 0.15) is 10.7 Å². The van der Waals surface area contributed by atoms with Crippen LogP contribution in [0.25, 0.3) is 0 Å². The Morgan fingerprint density at radius 3 is 2.76 bits per heavy atom. The zero-order valence-electron chi connectivity index (χ0n) is 20.3. The lowest BCUT2D eigenvalue weighted by atomic mass is 9.91. The third kappa shape index (κ3) is 6.16. The third-order valence-corrected chi connectivity index (χ3v) is 8.16. The molecule has 0 bridgehead atoms. The van der Waals surface area contributed by atoms with Crippen LogP contribution in [0.4, 0.5) is 0 Å². The number of oxime groups is 1. The standard InChI is InChI=1S/C18H20B3ClN4O10S2/c1-7-23-9(4-37-7)11(25-36-10(17(30)34-19)2-21-33-6-27)14(28)24-12-15(29)26-13(18(31)35-20)8(3-22)5-38(32)16(12)26/h4,6,10,12,16,21H,2-3,5,19-20H2,1H3,(H,24,28)/b25-11-/t10-,12+,16+,38?/m0/s1. The summed E-state index contributed by atoms with van der Waals surface area (Å²) in [6.45, 7) is 1.88. The minimum Gasteiger partial charge on any atom is -0.614 e. The Kier molecular flexibility index (Phi) is 10.2. The third-order valence-electron chi connectivity index (χ3n) is 5.41. The molecule has 0 saturated carbocycles. The van der Waals surface area contributed by atoms with Gasteiger partial charge in [-0.25, -0.2) is 14.6 Å². The highest BCUT2D eigenvalue weighted by Crippen LogP contribution is 2.37. The molecule has 3 rings (SSSR count). The maximum Gasteiger partial charge on any atom is 0.347 e. The second kappa shape index (κ2) is 13.2. The molecule has 4 atom stereocenters. The van der Waals surface area contributed by atoms with Gasteiger partial charge in [-0.3, -0.25) is 19.3 Å². The summed E-state index contributed by atoms with van der Waals surface area (Å²) in [6.07, 6.45) is -1.45. The van der Waals surface area contributed by atoms with Crippen molar-refractivity contribution in [3.8, 4) is 0 Å². The molecule has 0 spiro atoms. The topological polar surface area (TPSA) is 186 Å². The first-order valence-corrected chi connectivity index (χ1v) is 13.6. The van der Waals surface area contributed by atoms with E-state index >= 15 is 0 Å². The molecule has 0 aromatic carbocycles. The highest BCUT2D eigenvalue weighted by atomic mass is 35.5. The summed E-state index contributed by atoms with van der Waals surface area (Å²) in [5.41, 5.74) is -0.107. The number of thiazole rings is 1. The monoisotopic (exact) mass is 584 g/mol. The highest BCUT2D eigenvalue weighted by Gasteiger charge is 2.61. The Balaban J connectivity index is 1.85. The largest absolute Gasteiger partial charge is 0.614 e. The van der Waals surface area contributed by atoms with Gasteiger partial charge in [-0.1, -0.05) is 5.16 Å². The van der Waals surface area contributed by atoms with E-state index in [2.05, 4.69) is 24.8 Å². The molecule has 2 aliphatic rings. The fraction of sp³-hybridized carbons (Fsp3) is 0.389. The van der Waals surface area contributed by atoms with Crippen LogP contribution in [0.2, 0.25) is 6.32 Å². The number of carbonyl (C=O) groups is 5. The predicted molar refractivity (Wildman–Crippen MR) is 140 cm³/mol. The smallest absolute Gasteiger partial charge is 0.347 e. The van der Waals surface area contributed by atoms with Gasteiger partial charge >= 0.3 is 35.5 Å². The summed E-state index contributed by atoms with van der Waals surface area (Å²) in [5.74, 6) is -3.50. The molecule has 2 aliphatic heterocycles. The van der Waals surface area contributed by atoms with Gasteiger partial charge in [-0.15, -0.1) is 22.9 Å². The minimum atomic E-state index is -1.69. The maximum absolute atomic E-state index is 13.2. The molecule has 20 heteroatoms. The molecule has 38 heavy (non-hydrogen) atoms. The summed E-state index contributed by atoms with van der Waals surface area (Å²) >= 11 is 5.41. The summed E-state index contributed by atoms with van der Waals surface area (Å²) < 4.78 is 26.9. The molecule has 2 amide bonds. The van der Waals surface area contributed by atoms with Crippen molar-refractivity contribution < 1.29 is 47.3 Å². The van der Waals surface area contributed by atoms with Gasteiger partial charge in [0.1, 0.15) is 17.1 Å². The van der Waals surface area contributed by atoms with E-state index in [1.165, 1.54) is 16.7 Å². The molecule has 1 unspecified atom stereocenters. The molecular formula is C18H20B3ClN4O10S2. The summed E-state index contributed by atoms with van der Waals surface area (Å²) in [7, 11) is 2.07. The van der Waals surface area contributed by atoms with Gasteiger partial charge in [-0.2, -0.15) is 0 Å². The molecule has 0 aliphatic carbocycles. The van der Waals surface area contributed by atoms with Crippen LogP contribution >= 0.6 is 22.9 Å². The van der Waals surface area contributed by atoms with E-state index in [1.54, 1.807) is 6.92 Å². The number of nitrogens with zero attached hydrogens (tertiary/aromatic N) is 3. The maximum atomic E-state index is 13.2. The van der Waals surface area contributed by atoms with E-state index in [-0.39, 0.29) is 54.6 Å². The Bertz CT molecular complexity index is 1190. The van der Waals surface area contributed by atoms with Gasteiger partial charge in [0.05, 0.1) is 10.9 Å². The average Bonchev–Trinajstić information content (AvgIpc) is 3.34. The van der Waals surface area contributed by atoms with Crippen LogP contribution in [0, 0.1) is 6.92 Å². The zero-order valence-corrected chi connectivity index (χ0v) is 22.7. The van der Waals surface area contributed by atoms with Crippen molar-refractivity contribution in [1.29, 1.82) is 0 Å². The van der Waals surface area contributed by atoms with Crippen molar-refractivity contribution >= 4 is 93.6 Å². The minimum absolute atomic E-state index is 0.0886. The number of fused-ring (bicyclic) bond motifs is 1. The van der Waals surface area contributed by atoms with Crippen molar-refractivity contribution in [2.45, 2.75) is 30.8 Å². The van der Waals surface area contributed by atoms with E-state index in [9.17, 15) is 28.5 Å². The van der Waals surface area contributed by atoms with Crippen molar-refractivity contribution in [3.05, 3.63) is 27.4 Å². The number of aryl methyl sites for hydroxylation is 1. The Morgan fingerprint density at radius 2 is 2.18 bits per heavy atom. The highest BCUT2D eigenvalue weighted by molar-refractivity contribution is 7.92. The van der Waals surface area contributed by atoms with E-state index in [0.29, 0.717) is 5.01 Å². The number of β-lactam (4-membered cyclic amide) rings is 1. The Morgan fingerprint density at radius 1 is 1.45 bits per heavy atom. The Hall–Kier alpha value is -3.02. The predicted octanol–water partition coefficient (Wildman–Crippen LogP) is -3.43. The molecule has 200 valence electrons. The van der Waals surface area contributed by atoms with E-state index in [4.69, 9.17) is 21.1 Å². The number of hydrogen-bond acceptors (Lipinski definition) is 13. The second-order valence-corrected chi connectivity index (χ2v) is 10.6. The molecule has 14 nitrogen and oxygen atoms in total. The summed E-state index contributed by atoms with van der Waals surface area (Å²) in [6, 6.07) is -1.26. The second-order valence-electron chi connectivity index (χ2n) is 7.72. The number of aromatic nitrogens is 1. The lowest BCUT2D eigenvalue weighted by Crippen LogP contribution is -2.75. The first-order chi connectivity index (χ1) is 18.2. The first-order valence-electron chi connectivity index (χ1n) is 10.8. The number of amides is 2. The number of halogens is 1. The fourth-order valence-corrected chi connectivity index (χ4v) is 6.23. The van der Waals surface area contributed by atoms with Crippen LogP contribution in [-0.2, 0) is 53.9 Å². The first kappa shape index (κ1) is 29.5. The lowest BCUT2D eigenvalue weighted by molar-refractivity contribution is -0.149. The van der Waals surface area contributed by atoms with E-state index < -0.39 is 52.4 Å². The van der Waals surface area contributed by atoms with Crippen LogP contribution in [0.5, 0.6) is 0 Å². The number of carbonyl (C=O) groups excluding carboxylic acids is 5. The molecule has 1 aromatic rings. The SMILES string of the molecule is BOC(=O)C1=C(CCl)C[S+]([O-])[C@@H]2[C@H](NC(=O)/C(=N\O[C@@H](CBOC=O)C(=O)OB)c3csc(C)n3)C(=O)N12. The van der Waals surface area contributed by atoms with Gasteiger partial charge in [0.2, 0.25) is 11.5 Å². The normalized spacial score (nSPS) is 21.4. The van der Waals surface area contributed by atoms with Gasteiger partial charge in [0.15, 0.2) is 11.8 Å². The molecular weight excluding hydrogens is 564 g/mol. The van der Waals surface area contributed by atoms with Gasteiger partial charge in [0.25, 0.3) is 18.3 Å². The molecule has 1 saturated heterocycles. The summed E-state index contributed by atoms with van der Waals surface area (Å²) in [4.78, 5) is 71.4. The van der Waals surface area contributed by atoms with Crippen LogP contribution in [0.15, 0.2) is 21.8 Å². The zero-order chi connectivity index (χ0) is 28.0. The van der Waals surface area contributed by atoms with E-state index in [1.807, 2.05) is 0 Å². The van der Waals surface area contributed by atoms with Crippen molar-refractivity contribution in [3.63, 3.8) is 0 Å². The number of hydrogen-bond donors (Lipinski definition) is 1. The molecule has 3 heterocycles. The molecule has 1 aromatic heterocycles. The quantitative estimate of drug-likeness (QED) is 0.0377. The fourth-order valence-electron chi connectivity index (χ4n) is 3.61. The Labute approximate surface area is 230 Å². The molecule has 0 radical (unpaired) electrons.